The predicted molar refractivity (Wildman–Crippen MR) is 131 cm³/mol. The molecule has 2 aromatic carbocycles. The van der Waals surface area contributed by atoms with Crippen LogP contribution in [0.4, 0.5) is 4.39 Å². The van der Waals surface area contributed by atoms with Gasteiger partial charge < -0.3 is 14.4 Å². The molecule has 1 N–H and O–H groups in total. The molecule has 1 atom stereocenters. The van der Waals surface area contributed by atoms with Gasteiger partial charge in [-0.2, -0.15) is 0 Å². The number of ether oxygens (including phenoxy) is 2. The number of hydrogen-bond acceptors (Lipinski definition) is 7. The Labute approximate surface area is 212 Å². The summed E-state index contributed by atoms with van der Waals surface area (Å²) in [4.78, 5) is 28.6. The summed E-state index contributed by atoms with van der Waals surface area (Å²) >= 11 is 3.31. The van der Waals surface area contributed by atoms with Crippen LogP contribution in [0.2, 0.25) is 0 Å². The highest BCUT2D eigenvalue weighted by atomic mass is 79.9. The Morgan fingerprint density at radius 3 is 2.43 bits per heavy atom. The lowest BCUT2D eigenvalue weighted by molar-refractivity contribution is -0.138. The summed E-state index contributed by atoms with van der Waals surface area (Å²) < 4.78 is 49.0. The van der Waals surface area contributed by atoms with Gasteiger partial charge in [0.15, 0.2) is 24.7 Å². The lowest BCUT2D eigenvalue weighted by atomic mass is 10.1. The molecule has 12 heteroatoms. The molecule has 1 saturated heterocycles. The zero-order valence-corrected chi connectivity index (χ0v) is 21.8. The van der Waals surface area contributed by atoms with Crippen molar-refractivity contribution in [2.75, 3.05) is 39.1 Å². The van der Waals surface area contributed by atoms with Crippen molar-refractivity contribution < 1.29 is 31.9 Å². The molecule has 0 saturated carbocycles. The number of carbonyl (C=O) groups excluding carboxylic acids is 2. The van der Waals surface area contributed by atoms with Gasteiger partial charge in [-0.1, -0.05) is 28.1 Å². The standard InChI is InChI=1S/C23H27BrFN3O6S/c1-16-12-27(13-17-3-6-19(25)7-4-17)9-10-28(16)23(30)15-34-20-8-5-18(24)11-21(20)33-14-22(29)26-35(2,31)32/h3-8,11,16H,9-10,12-15H2,1-2H3,(H,26,29). The van der Waals surface area contributed by atoms with Crippen LogP contribution in [0.3, 0.4) is 0 Å². The maximum atomic E-state index is 13.1. The average Bonchev–Trinajstić information content (AvgIpc) is 2.77. The van der Waals surface area contributed by atoms with Crippen molar-refractivity contribution in [3.8, 4) is 11.5 Å². The Kier molecular flexibility index (Phi) is 9.09. The molecule has 2 amide bonds. The largest absolute Gasteiger partial charge is 0.480 e. The lowest BCUT2D eigenvalue weighted by Gasteiger charge is -2.39. The second kappa shape index (κ2) is 11.8. The van der Waals surface area contributed by atoms with Crippen LogP contribution < -0.4 is 14.2 Å². The molecule has 0 aliphatic carbocycles. The Bertz CT molecular complexity index is 1160. The van der Waals surface area contributed by atoms with E-state index in [-0.39, 0.29) is 35.9 Å². The van der Waals surface area contributed by atoms with Crippen molar-refractivity contribution >= 4 is 37.8 Å². The molecular weight excluding hydrogens is 545 g/mol. The fourth-order valence-corrected chi connectivity index (χ4v) is 4.52. The van der Waals surface area contributed by atoms with Crippen LogP contribution >= 0.6 is 15.9 Å². The number of piperazine rings is 1. The minimum atomic E-state index is -3.70. The highest BCUT2D eigenvalue weighted by Gasteiger charge is 2.28. The first-order valence-corrected chi connectivity index (χ1v) is 13.5. The van der Waals surface area contributed by atoms with Gasteiger partial charge in [-0.3, -0.25) is 19.2 Å². The summed E-state index contributed by atoms with van der Waals surface area (Å²) in [7, 11) is -3.70. The number of sulfonamides is 1. The molecule has 2 aromatic rings. The number of nitrogens with zero attached hydrogens (tertiary/aromatic N) is 2. The van der Waals surface area contributed by atoms with Crippen molar-refractivity contribution in [1.82, 2.24) is 14.5 Å². The summed E-state index contributed by atoms with van der Waals surface area (Å²) in [5, 5.41) is 0. The van der Waals surface area contributed by atoms with E-state index in [1.807, 2.05) is 11.6 Å². The molecule has 1 aliphatic rings. The lowest BCUT2D eigenvalue weighted by Crippen LogP contribution is -2.54. The average molecular weight is 572 g/mol. The Morgan fingerprint density at radius 1 is 1.09 bits per heavy atom. The van der Waals surface area contributed by atoms with Gasteiger partial charge >= 0.3 is 0 Å². The van der Waals surface area contributed by atoms with Gasteiger partial charge in [0.1, 0.15) is 5.82 Å². The van der Waals surface area contributed by atoms with Crippen LogP contribution in [0.1, 0.15) is 12.5 Å². The van der Waals surface area contributed by atoms with Crippen molar-refractivity contribution in [3.05, 3.63) is 58.3 Å². The van der Waals surface area contributed by atoms with E-state index in [4.69, 9.17) is 9.47 Å². The van der Waals surface area contributed by atoms with Crippen LogP contribution in [0, 0.1) is 5.82 Å². The van der Waals surface area contributed by atoms with Crippen LogP contribution in [0.5, 0.6) is 11.5 Å². The first kappa shape index (κ1) is 26.9. The molecule has 190 valence electrons. The second-order valence-electron chi connectivity index (χ2n) is 8.26. The van der Waals surface area contributed by atoms with Gasteiger partial charge in [-0.05, 0) is 42.8 Å². The predicted octanol–water partition coefficient (Wildman–Crippen LogP) is 2.15. The van der Waals surface area contributed by atoms with E-state index < -0.39 is 22.5 Å². The van der Waals surface area contributed by atoms with E-state index in [1.54, 1.807) is 35.2 Å². The van der Waals surface area contributed by atoms with E-state index in [9.17, 15) is 22.4 Å². The van der Waals surface area contributed by atoms with Gasteiger partial charge in [-0.25, -0.2) is 12.8 Å². The molecule has 0 spiro atoms. The SMILES string of the molecule is CC1CN(Cc2ccc(F)cc2)CCN1C(=O)COc1ccc(Br)cc1OCC(=O)NS(C)(=O)=O. The molecule has 35 heavy (non-hydrogen) atoms. The smallest absolute Gasteiger partial charge is 0.271 e. The van der Waals surface area contributed by atoms with Gasteiger partial charge in [0.2, 0.25) is 10.0 Å². The Morgan fingerprint density at radius 2 is 1.77 bits per heavy atom. The zero-order chi connectivity index (χ0) is 25.6. The first-order chi connectivity index (χ1) is 16.5. The second-order valence-corrected chi connectivity index (χ2v) is 10.9. The third-order valence-corrected chi connectivity index (χ3v) is 6.36. The zero-order valence-electron chi connectivity index (χ0n) is 19.4. The highest BCUT2D eigenvalue weighted by molar-refractivity contribution is 9.10. The van der Waals surface area contributed by atoms with Crippen LogP contribution in [-0.2, 0) is 26.2 Å². The van der Waals surface area contributed by atoms with E-state index in [2.05, 4.69) is 20.8 Å². The molecule has 9 nitrogen and oxygen atoms in total. The van der Waals surface area contributed by atoms with Crippen LogP contribution in [0.15, 0.2) is 46.9 Å². The summed E-state index contributed by atoms with van der Waals surface area (Å²) in [5.41, 5.74) is 1.01. The summed E-state index contributed by atoms with van der Waals surface area (Å²) in [6, 6.07) is 11.2. The first-order valence-electron chi connectivity index (χ1n) is 10.8. The molecule has 3 rings (SSSR count). The summed E-state index contributed by atoms with van der Waals surface area (Å²) in [5.74, 6) is -0.859. The van der Waals surface area contributed by atoms with Gasteiger partial charge in [0, 0.05) is 36.7 Å². The number of amides is 2. The number of halogens is 2. The van der Waals surface area contributed by atoms with Gasteiger partial charge in [-0.15, -0.1) is 0 Å². The third-order valence-electron chi connectivity index (χ3n) is 5.27. The molecule has 1 heterocycles. The Balaban J connectivity index is 1.53. The van der Waals surface area contributed by atoms with E-state index in [1.165, 1.54) is 12.1 Å². The number of rotatable bonds is 9. The molecular formula is C23H27BrFN3O6S. The fraction of sp³-hybridized carbons (Fsp3) is 0.391. The van der Waals surface area contributed by atoms with Crippen molar-refractivity contribution in [2.24, 2.45) is 0 Å². The topological polar surface area (TPSA) is 105 Å². The van der Waals surface area contributed by atoms with Crippen LogP contribution in [-0.4, -0.2) is 75.2 Å². The maximum Gasteiger partial charge on any atom is 0.271 e. The number of hydrogen-bond donors (Lipinski definition) is 1. The third kappa shape index (κ3) is 8.48. The van der Waals surface area contributed by atoms with Gasteiger partial charge in [0.05, 0.1) is 6.26 Å². The van der Waals surface area contributed by atoms with Crippen LogP contribution in [0.25, 0.3) is 0 Å². The minimum absolute atomic E-state index is 0.0411. The molecule has 0 aromatic heterocycles. The summed E-state index contributed by atoms with van der Waals surface area (Å²) in [6.07, 6.45) is 0.869. The monoisotopic (exact) mass is 571 g/mol. The molecule has 0 radical (unpaired) electrons. The highest BCUT2D eigenvalue weighted by Crippen LogP contribution is 2.30. The van der Waals surface area contributed by atoms with Crippen molar-refractivity contribution in [3.63, 3.8) is 0 Å². The molecule has 1 unspecified atom stereocenters. The summed E-state index contributed by atoms with van der Waals surface area (Å²) in [6.45, 7) is 3.75. The van der Waals surface area contributed by atoms with E-state index in [0.717, 1.165) is 11.8 Å². The number of benzene rings is 2. The molecule has 0 bridgehead atoms. The van der Waals surface area contributed by atoms with E-state index in [0.29, 0.717) is 30.7 Å². The van der Waals surface area contributed by atoms with Gasteiger partial charge in [0.25, 0.3) is 11.8 Å². The Hall–Kier alpha value is -2.70. The van der Waals surface area contributed by atoms with Crippen molar-refractivity contribution in [1.29, 1.82) is 0 Å². The number of carbonyl (C=O) groups is 2. The van der Waals surface area contributed by atoms with E-state index >= 15 is 0 Å². The normalized spacial score (nSPS) is 16.6. The maximum absolute atomic E-state index is 13.1. The number of nitrogens with one attached hydrogen (secondary N) is 1. The fourth-order valence-electron chi connectivity index (χ4n) is 3.71. The quantitative estimate of drug-likeness (QED) is 0.491. The van der Waals surface area contributed by atoms with Crippen molar-refractivity contribution in [2.45, 2.75) is 19.5 Å². The minimum Gasteiger partial charge on any atom is -0.480 e. The molecule has 1 fully saturated rings. The molecule has 1 aliphatic heterocycles.